The van der Waals surface area contributed by atoms with Gasteiger partial charge < -0.3 is 11.1 Å². The summed E-state index contributed by atoms with van der Waals surface area (Å²) in [6, 6.07) is 6.59. The molecule has 19 heavy (non-hydrogen) atoms. The van der Waals surface area contributed by atoms with Crippen LogP contribution in [0.5, 0.6) is 0 Å². The minimum Gasteiger partial charge on any atom is -0.381 e. The van der Waals surface area contributed by atoms with Gasteiger partial charge in [0.2, 0.25) is 0 Å². The summed E-state index contributed by atoms with van der Waals surface area (Å²) >= 11 is 6.61. The van der Waals surface area contributed by atoms with Crippen molar-refractivity contribution in [3.8, 4) is 0 Å². The number of carbonyl (C=O) groups excluding carboxylic acids is 1. The van der Waals surface area contributed by atoms with Crippen molar-refractivity contribution in [1.82, 2.24) is 4.98 Å². The van der Waals surface area contributed by atoms with Crippen molar-refractivity contribution in [3.05, 3.63) is 50.8 Å². The van der Waals surface area contributed by atoms with Gasteiger partial charge in [-0.15, -0.1) is 0 Å². The van der Waals surface area contributed by atoms with Gasteiger partial charge in [-0.1, -0.05) is 6.07 Å². The monoisotopic (exact) mass is 387 g/mol. The Morgan fingerprint density at radius 2 is 1.89 bits per heavy atom. The van der Waals surface area contributed by atoms with E-state index in [0.717, 1.165) is 0 Å². The summed E-state index contributed by atoms with van der Waals surface area (Å²) in [5, 5.41) is 2.61. The van der Waals surface area contributed by atoms with Crippen LogP contribution < -0.4 is 11.1 Å². The van der Waals surface area contributed by atoms with E-state index in [0.29, 0.717) is 14.6 Å². The number of nitrogens with one attached hydrogen (secondary N) is 1. The average molecular weight is 389 g/mol. The topological polar surface area (TPSA) is 68.0 Å². The highest BCUT2D eigenvalue weighted by Crippen LogP contribution is 2.31. The minimum absolute atomic E-state index is 0.157. The van der Waals surface area contributed by atoms with Gasteiger partial charge in [0.15, 0.2) is 11.6 Å². The van der Waals surface area contributed by atoms with Gasteiger partial charge in [-0.3, -0.25) is 4.79 Å². The zero-order valence-corrected chi connectivity index (χ0v) is 12.6. The number of benzene rings is 1. The smallest absolute Gasteiger partial charge is 0.258 e. The predicted octanol–water partition coefficient (Wildman–Crippen LogP) is 3.58. The van der Waals surface area contributed by atoms with E-state index in [9.17, 15) is 9.18 Å². The molecule has 3 N–H and O–H groups in total. The maximum Gasteiger partial charge on any atom is 0.258 e. The number of hydrogen-bond acceptors (Lipinski definition) is 3. The molecular weight excluding hydrogens is 381 g/mol. The molecule has 0 aliphatic heterocycles. The number of amides is 1. The van der Waals surface area contributed by atoms with Crippen LogP contribution in [-0.4, -0.2) is 10.9 Å². The van der Waals surface area contributed by atoms with Crippen molar-refractivity contribution < 1.29 is 9.18 Å². The molecule has 0 radical (unpaired) electrons. The number of nitrogens with zero attached hydrogens (tertiary/aromatic N) is 1. The molecule has 98 valence electrons. The minimum atomic E-state index is -0.830. The molecule has 1 aromatic carbocycles. The van der Waals surface area contributed by atoms with E-state index in [1.807, 2.05) is 0 Å². The van der Waals surface area contributed by atoms with Gasteiger partial charge in [-0.05, 0) is 50.1 Å². The molecule has 1 amide bonds. The lowest BCUT2D eigenvalue weighted by Crippen LogP contribution is -2.15. The van der Waals surface area contributed by atoms with Crippen molar-refractivity contribution >= 4 is 49.3 Å². The Morgan fingerprint density at radius 1 is 1.26 bits per heavy atom. The van der Waals surface area contributed by atoms with E-state index in [2.05, 4.69) is 42.2 Å². The number of carbonyl (C=O) groups is 1. The second-order valence-corrected chi connectivity index (χ2v) is 5.32. The van der Waals surface area contributed by atoms with Crippen molar-refractivity contribution in [2.24, 2.45) is 0 Å². The van der Waals surface area contributed by atoms with Gasteiger partial charge in [0, 0.05) is 15.1 Å². The molecule has 0 fully saturated rings. The molecule has 0 aliphatic carbocycles. The van der Waals surface area contributed by atoms with Crippen LogP contribution in [0.15, 0.2) is 39.4 Å². The third kappa shape index (κ3) is 2.93. The zero-order chi connectivity index (χ0) is 14.0. The molecule has 0 saturated carbocycles. The molecule has 0 aliphatic rings. The Kier molecular flexibility index (Phi) is 4.16. The van der Waals surface area contributed by atoms with Crippen LogP contribution in [0.25, 0.3) is 0 Å². The third-order valence-electron chi connectivity index (χ3n) is 2.36. The van der Waals surface area contributed by atoms with E-state index in [1.165, 1.54) is 12.3 Å². The molecule has 4 nitrogen and oxygen atoms in total. The molecule has 0 spiro atoms. The highest BCUT2D eigenvalue weighted by atomic mass is 79.9. The predicted molar refractivity (Wildman–Crippen MR) is 78.4 cm³/mol. The number of hydrogen-bond donors (Lipinski definition) is 2. The number of nitrogens with two attached hydrogens (primary N) is 1. The van der Waals surface area contributed by atoms with Crippen LogP contribution in [0.1, 0.15) is 10.4 Å². The van der Waals surface area contributed by atoms with Gasteiger partial charge in [0.25, 0.3) is 5.91 Å². The molecule has 0 saturated heterocycles. The van der Waals surface area contributed by atoms with Gasteiger partial charge in [0.05, 0.1) is 11.3 Å². The number of aromatic nitrogens is 1. The summed E-state index contributed by atoms with van der Waals surface area (Å²) in [6.07, 6.45) is 1.28. The highest BCUT2D eigenvalue weighted by Gasteiger charge is 2.16. The second-order valence-electron chi connectivity index (χ2n) is 3.61. The third-order valence-corrected chi connectivity index (χ3v) is 3.68. The first kappa shape index (κ1) is 14.0. The summed E-state index contributed by atoms with van der Waals surface area (Å²) in [4.78, 5) is 15.6. The summed E-state index contributed by atoms with van der Waals surface area (Å²) in [5.74, 6) is -1.73. The first-order chi connectivity index (χ1) is 9.00. The van der Waals surface area contributed by atoms with Crippen molar-refractivity contribution in [1.29, 1.82) is 0 Å². The van der Waals surface area contributed by atoms with Crippen LogP contribution in [0, 0.1) is 5.82 Å². The van der Waals surface area contributed by atoms with Crippen LogP contribution in [0.2, 0.25) is 0 Å². The van der Waals surface area contributed by atoms with Crippen LogP contribution in [-0.2, 0) is 0 Å². The van der Waals surface area contributed by atoms with Crippen molar-refractivity contribution in [2.45, 2.75) is 0 Å². The average Bonchev–Trinajstić information content (AvgIpc) is 2.37. The Balaban J connectivity index is 2.34. The van der Waals surface area contributed by atoms with Crippen molar-refractivity contribution in [2.75, 3.05) is 11.1 Å². The molecule has 1 aromatic heterocycles. The lowest BCUT2D eigenvalue weighted by atomic mass is 10.2. The Hall–Kier alpha value is -1.47. The van der Waals surface area contributed by atoms with E-state index in [4.69, 9.17) is 5.73 Å². The van der Waals surface area contributed by atoms with Gasteiger partial charge in [0.1, 0.15) is 0 Å². The maximum absolute atomic E-state index is 13.7. The maximum atomic E-state index is 13.7. The fourth-order valence-corrected chi connectivity index (χ4v) is 2.63. The molecule has 7 heteroatoms. The largest absolute Gasteiger partial charge is 0.381 e. The van der Waals surface area contributed by atoms with Gasteiger partial charge >= 0.3 is 0 Å². The Bertz CT molecular complexity index is 629. The fourth-order valence-electron chi connectivity index (χ4n) is 1.43. The standard InChI is InChI=1S/C12H8Br2FN3O/c13-7-2-1-3-8(14)10(7)18-12(19)6-4-5-17-11(16)9(6)15/h1-5H,(H2,16,17)(H,18,19). The molecule has 0 unspecified atom stereocenters. The number of pyridine rings is 1. The van der Waals surface area contributed by atoms with E-state index < -0.39 is 11.7 Å². The Labute approximate surface area is 125 Å². The molecular formula is C12H8Br2FN3O. The normalized spacial score (nSPS) is 10.3. The lowest BCUT2D eigenvalue weighted by molar-refractivity contribution is 0.102. The first-order valence-electron chi connectivity index (χ1n) is 5.16. The number of rotatable bonds is 2. The van der Waals surface area contributed by atoms with Crippen LogP contribution in [0.4, 0.5) is 15.9 Å². The molecule has 1 heterocycles. The first-order valence-corrected chi connectivity index (χ1v) is 6.74. The fraction of sp³-hybridized carbons (Fsp3) is 0. The summed E-state index contributed by atoms with van der Waals surface area (Å²) in [5.41, 5.74) is 5.69. The molecule has 0 atom stereocenters. The quantitative estimate of drug-likeness (QED) is 0.826. The molecule has 2 aromatic rings. The van der Waals surface area contributed by atoms with E-state index in [1.54, 1.807) is 18.2 Å². The summed E-state index contributed by atoms with van der Waals surface area (Å²) in [6.45, 7) is 0. The van der Waals surface area contributed by atoms with E-state index in [-0.39, 0.29) is 11.4 Å². The molecule has 2 rings (SSSR count). The zero-order valence-electron chi connectivity index (χ0n) is 9.45. The van der Waals surface area contributed by atoms with Gasteiger partial charge in [-0.2, -0.15) is 0 Å². The second kappa shape index (κ2) is 5.66. The number of anilines is 2. The lowest BCUT2D eigenvalue weighted by Gasteiger charge is -2.10. The number of halogens is 3. The Morgan fingerprint density at radius 3 is 2.53 bits per heavy atom. The number of para-hydroxylation sites is 1. The number of nitrogen functional groups attached to an aromatic ring is 1. The highest BCUT2D eigenvalue weighted by molar-refractivity contribution is 9.11. The summed E-state index contributed by atoms with van der Waals surface area (Å²) < 4.78 is 15.0. The van der Waals surface area contributed by atoms with Crippen LogP contribution >= 0.6 is 31.9 Å². The van der Waals surface area contributed by atoms with E-state index >= 15 is 0 Å². The SMILES string of the molecule is Nc1nccc(C(=O)Nc2c(Br)cccc2Br)c1F. The van der Waals surface area contributed by atoms with Crippen LogP contribution in [0.3, 0.4) is 0 Å². The van der Waals surface area contributed by atoms with Gasteiger partial charge in [-0.25, -0.2) is 9.37 Å². The van der Waals surface area contributed by atoms with Crippen molar-refractivity contribution in [3.63, 3.8) is 0 Å². The summed E-state index contributed by atoms with van der Waals surface area (Å²) in [7, 11) is 0. The molecule has 0 bridgehead atoms.